The lowest BCUT2D eigenvalue weighted by atomic mass is 10.0. The molecule has 0 radical (unpaired) electrons. The molecule has 0 saturated carbocycles. The van der Waals surface area contributed by atoms with E-state index in [0.29, 0.717) is 6.54 Å². The standard InChI is InChI=1S/C11H18F3N3/c1-9(2)10(8-17-7-3-5-16-17)15-6-4-11(12,13)14/h3,5,7,9-10,15H,4,6,8H2,1-2H3. The van der Waals surface area contributed by atoms with Gasteiger partial charge in [0.05, 0.1) is 13.0 Å². The summed E-state index contributed by atoms with van der Waals surface area (Å²) in [6, 6.07) is 1.80. The maximum absolute atomic E-state index is 12.0. The highest BCUT2D eigenvalue weighted by molar-refractivity contribution is 4.80. The van der Waals surface area contributed by atoms with Crippen LogP contribution in [0.2, 0.25) is 0 Å². The molecule has 0 aliphatic rings. The summed E-state index contributed by atoms with van der Waals surface area (Å²) < 4.78 is 37.8. The summed E-state index contributed by atoms with van der Waals surface area (Å²) in [4.78, 5) is 0. The van der Waals surface area contributed by atoms with Crippen LogP contribution in [0.25, 0.3) is 0 Å². The highest BCUT2D eigenvalue weighted by Gasteiger charge is 2.27. The zero-order chi connectivity index (χ0) is 12.9. The van der Waals surface area contributed by atoms with Crippen molar-refractivity contribution in [3.05, 3.63) is 18.5 Å². The van der Waals surface area contributed by atoms with Crippen LogP contribution >= 0.6 is 0 Å². The van der Waals surface area contributed by atoms with E-state index in [1.54, 1.807) is 23.1 Å². The fourth-order valence-electron chi connectivity index (χ4n) is 1.52. The van der Waals surface area contributed by atoms with Gasteiger partial charge in [-0.1, -0.05) is 13.8 Å². The molecule has 0 aliphatic carbocycles. The molecule has 17 heavy (non-hydrogen) atoms. The molecule has 0 bridgehead atoms. The molecule has 0 fully saturated rings. The summed E-state index contributed by atoms with van der Waals surface area (Å²) in [5.41, 5.74) is 0. The number of hydrogen-bond acceptors (Lipinski definition) is 2. The Morgan fingerprint density at radius 3 is 2.53 bits per heavy atom. The maximum Gasteiger partial charge on any atom is 0.390 e. The quantitative estimate of drug-likeness (QED) is 0.839. The summed E-state index contributed by atoms with van der Waals surface area (Å²) >= 11 is 0. The monoisotopic (exact) mass is 249 g/mol. The van der Waals surface area contributed by atoms with Crippen LogP contribution in [-0.4, -0.2) is 28.5 Å². The van der Waals surface area contributed by atoms with E-state index in [1.807, 2.05) is 13.8 Å². The Bertz CT molecular complexity index is 306. The summed E-state index contributed by atoms with van der Waals surface area (Å²) in [6.07, 6.45) is -1.43. The number of rotatable bonds is 6. The Hall–Kier alpha value is -1.04. The van der Waals surface area contributed by atoms with E-state index in [1.165, 1.54) is 0 Å². The summed E-state index contributed by atoms with van der Waals surface area (Å²) in [5.74, 6) is 0.257. The van der Waals surface area contributed by atoms with Gasteiger partial charge >= 0.3 is 6.18 Å². The summed E-state index contributed by atoms with van der Waals surface area (Å²) in [5, 5.41) is 6.98. The molecule has 1 N–H and O–H groups in total. The van der Waals surface area contributed by atoms with Gasteiger partial charge in [0.25, 0.3) is 0 Å². The average Bonchev–Trinajstić information content (AvgIpc) is 2.66. The lowest BCUT2D eigenvalue weighted by molar-refractivity contribution is -0.133. The molecule has 1 unspecified atom stereocenters. The van der Waals surface area contributed by atoms with Gasteiger partial charge in [0.15, 0.2) is 0 Å². The van der Waals surface area contributed by atoms with Gasteiger partial charge in [0.1, 0.15) is 0 Å². The van der Waals surface area contributed by atoms with E-state index in [0.717, 1.165) is 0 Å². The van der Waals surface area contributed by atoms with Gasteiger partial charge in [-0.3, -0.25) is 4.68 Å². The van der Waals surface area contributed by atoms with Crippen LogP contribution in [0.1, 0.15) is 20.3 Å². The first-order valence-corrected chi connectivity index (χ1v) is 5.66. The molecule has 6 heteroatoms. The minimum absolute atomic E-state index is 0.00255. The van der Waals surface area contributed by atoms with Crippen molar-refractivity contribution < 1.29 is 13.2 Å². The van der Waals surface area contributed by atoms with Crippen LogP contribution in [0.5, 0.6) is 0 Å². The van der Waals surface area contributed by atoms with Crippen LogP contribution in [0.15, 0.2) is 18.5 Å². The molecule has 98 valence electrons. The number of nitrogens with one attached hydrogen (secondary N) is 1. The minimum Gasteiger partial charge on any atom is -0.312 e. The fraction of sp³-hybridized carbons (Fsp3) is 0.727. The third kappa shape index (κ3) is 5.72. The lowest BCUT2D eigenvalue weighted by Crippen LogP contribution is -2.39. The Labute approximate surface area is 99.0 Å². The van der Waals surface area contributed by atoms with Crippen LogP contribution in [-0.2, 0) is 6.54 Å². The third-order valence-electron chi connectivity index (χ3n) is 2.56. The number of alkyl halides is 3. The largest absolute Gasteiger partial charge is 0.390 e. The summed E-state index contributed by atoms with van der Waals surface area (Å²) in [6.45, 7) is 4.50. The molecule has 3 nitrogen and oxygen atoms in total. The van der Waals surface area contributed by atoms with Crippen LogP contribution in [0, 0.1) is 5.92 Å². The van der Waals surface area contributed by atoms with Crippen molar-refractivity contribution in [2.75, 3.05) is 6.54 Å². The van der Waals surface area contributed by atoms with E-state index in [9.17, 15) is 13.2 Å². The molecule has 1 aromatic heterocycles. The molecular formula is C11H18F3N3. The zero-order valence-corrected chi connectivity index (χ0v) is 10.0. The summed E-state index contributed by atoms with van der Waals surface area (Å²) in [7, 11) is 0. The van der Waals surface area contributed by atoms with E-state index in [-0.39, 0.29) is 18.5 Å². The van der Waals surface area contributed by atoms with E-state index >= 15 is 0 Å². The topological polar surface area (TPSA) is 29.9 Å². The Balaban J connectivity index is 2.39. The Morgan fingerprint density at radius 2 is 2.06 bits per heavy atom. The average molecular weight is 249 g/mol. The second-order valence-corrected chi connectivity index (χ2v) is 4.40. The van der Waals surface area contributed by atoms with Crippen molar-refractivity contribution in [3.63, 3.8) is 0 Å². The van der Waals surface area contributed by atoms with E-state index in [4.69, 9.17) is 0 Å². The first-order chi connectivity index (χ1) is 7.88. The second-order valence-electron chi connectivity index (χ2n) is 4.40. The van der Waals surface area contributed by atoms with Gasteiger partial charge < -0.3 is 5.32 Å². The number of aromatic nitrogens is 2. The van der Waals surface area contributed by atoms with Gasteiger partial charge in [-0.2, -0.15) is 18.3 Å². The van der Waals surface area contributed by atoms with Crippen molar-refractivity contribution in [1.82, 2.24) is 15.1 Å². The second kappa shape index (κ2) is 6.05. The van der Waals surface area contributed by atoms with Crippen molar-refractivity contribution in [2.45, 2.75) is 39.0 Å². The number of hydrogen-bond donors (Lipinski definition) is 1. The molecule has 0 aromatic carbocycles. The van der Waals surface area contributed by atoms with Crippen molar-refractivity contribution in [1.29, 1.82) is 0 Å². The smallest absolute Gasteiger partial charge is 0.312 e. The van der Waals surface area contributed by atoms with Crippen LogP contribution < -0.4 is 5.32 Å². The first-order valence-electron chi connectivity index (χ1n) is 5.66. The molecule has 0 saturated heterocycles. The number of halogens is 3. The molecular weight excluding hydrogens is 231 g/mol. The molecule has 1 aromatic rings. The van der Waals surface area contributed by atoms with Gasteiger partial charge in [-0.05, 0) is 12.0 Å². The fourth-order valence-corrected chi connectivity index (χ4v) is 1.52. The first kappa shape index (κ1) is 14.0. The predicted molar refractivity (Wildman–Crippen MR) is 59.5 cm³/mol. The van der Waals surface area contributed by atoms with Crippen molar-refractivity contribution in [2.24, 2.45) is 5.92 Å². The number of nitrogens with zero attached hydrogens (tertiary/aromatic N) is 2. The Kier molecular flexibility index (Phi) is 4.99. The maximum atomic E-state index is 12.0. The van der Waals surface area contributed by atoms with E-state index in [2.05, 4.69) is 10.4 Å². The predicted octanol–water partition coefficient (Wildman–Crippen LogP) is 2.45. The normalized spacial score (nSPS) is 14.2. The van der Waals surface area contributed by atoms with Gasteiger partial charge in [0, 0.05) is 25.0 Å². The highest BCUT2D eigenvalue weighted by atomic mass is 19.4. The molecule has 0 amide bonds. The van der Waals surface area contributed by atoms with Crippen molar-refractivity contribution >= 4 is 0 Å². The lowest BCUT2D eigenvalue weighted by Gasteiger charge is -2.22. The molecule has 1 rings (SSSR count). The van der Waals surface area contributed by atoms with E-state index < -0.39 is 12.6 Å². The zero-order valence-electron chi connectivity index (χ0n) is 10.0. The molecule has 1 atom stereocenters. The third-order valence-corrected chi connectivity index (χ3v) is 2.56. The van der Waals surface area contributed by atoms with Gasteiger partial charge in [0.2, 0.25) is 0 Å². The van der Waals surface area contributed by atoms with Crippen LogP contribution in [0.4, 0.5) is 13.2 Å². The highest BCUT2D eigenvalue weighted by Crippen LogP contribution is 2.18. The molecule has 0 aliphatic heterocycles. The van der Waals surface area contributed by atoms with Crippen LogP contribution in [0.3, 0.4) is 0 Å². The Morgan fingerprint density at radius 1 is 1.35 bits per heavy atom. The SMILES string of the molecule is CC(C)C(Cn1cccn1)NCCC(F)(F)F. The molecule has 1 heterocycles. The van der Waals surface area contributed by atoms with Gasteiger partial charge in [-0.25, -0.2) is 0 Å². The molecule has 0 spiro atoms. The van der Waals surface area contributed by atoms with Crippen molar-refractivity contribution in [3.8, 4) is 0 Å². The minimum atomic E-state index is -4.10. The van der Waals surface area contributed by atoms with Gasteiger partial charge in [-0.15, -0.1) is 0 Å².